The predicted molar refractivity (Wildman–Crippen MR) is 83.9 cm³/mol. The van der Waals surface area contributed by atoms with E-state index in [2.05, 4.69) is 15.1 Å². The summed E-state index contributed by atoms with van der Waals surface area (Å²) >= 11 is 0. The zero-order chi connectivity index (χ0) is 15.6. The Kier molecular flexibility index (Phi) is 3.38. The van der Waals surface area contributed by atoms with Gasteiger partial charge in [-0.25, -0.2) is 9.67 Å². The van der Waals surface area contributed by atoms with Crippen molar-refractivity contribution in [3.05, 3.63) is 59.5 Å². The number of aromatic nitrogens is 4. The van der Waals surface area contributed by atoms with Gasteiger partial charge < -0.3 is 9.32 Å². The second kappa shape index (κ2) is 5.68. The highest BCUT2D eigenvalue weighted by atomic mass is 16.4. The zero-order valence-electron chi connectivity index (χ0n) is 12.4. The van der Waals surface area contributed by atoms with Gasteiger partial charge in [0.25, 0.3) is 11.6 Å². The van der Waals surface area contributed by atoms with Crippen LogP contribution in [0.3, 0.4) is 0 Å². The van der Waals surface area contributed by atoms with Gasteiger partial charge in [-0.15, -0.1) is 0 Å². The third-order valence-corrected chi connectivity index (χ3v) is 3.92. The second-order valence-electron chi connectivity index (χ2n) is 5.56. The van der Waals surface area contributed by atoms with Gasteiger partial charge in [0.1, 0.15) is 6.26 Å². The largest absolute Gasteiger partial charge is 0.432 e. The number of hydrogen-bond acceptors (Lipinski definition) is 6. The van der Waals surface area contributed by atoms with Crippen molar-refractivity contribution in [1.29, 1.82) is 0 Å². The van der Waals surface area contributed by atoms with Crippen LogP contribution in [-0.2, 0) is 6.54 Å². The monoisotopic (exact) mass is 309 g/mol. The Morgan fingerprint density at radius 3 is 2.70 bits per heavy atom. The van der Waals surface area contributed by atoms with Crippen LogP contribution in [0.2, 0.25) is 0 Å². The molecule has 1 fully saturated rings. The lowest BCUT2D eigenvalue weighted by Gasteiger charge is -2.37. The highest BCUT2D eigenvalue weighted by Gasteiger charge is 2.30. The summed E-state index contributed by atoms with van der Waals surface area (Å²) in [4.78, 5) is 22.2. The summed E-state index contributed by atoms with van der Waals surface area (Å²) in [5.74, 6) is 0.361. The SMILES string of the molecule is O=c1ccc(-c2ccncc2)nn1CC1CN(c2ncco2)C1. The molecule has 0 aliphatic carbocycles. The van der Waals surface area contributed by atoms with Crippen molar-refractivity contribution in [2.24, 2.45) is 5.92 Å². The van der Waals surface area contributed by atoms with Crippen LogP contribution in [0.15, 0.2) is 58.3 Å². The fourth-order valence-corrected chi connectivity index (χ4v) is 2.71. The Bertz CT molecular complexity index is 838. The van der Waals surface area contributed by atoms with E-state index in [4.69, 9.17) is 4.42 Å². The highest BCUT2D eigenvalue weighted by molar-refractivity contribution is 5.56. The number of hydrogen-bond donors (Lipinski definition) is 0. The van der Waals surface area contributed by atoms with Gasteiger partial charge in [-0.1, -0.05) is 0 Å². The average Bonchev–Trinajstić information content (AvgIpc) is 3.07. The Balaban J connectivity index is 1.48. The molecule has 0 spiro atoms. The molecular formula is C16H15N5O2. The normalized spacial score (nSPS) is 14.7. The molecule has 0 saturated carbocycles. The average molecular weight is 309 g/mol. The summed E-state index contributed by atoms with van der Waals surface area (Å²) in [6.07, 6.45) is 6.62. The molecule has 0 radical (unpaired) electrons. The molecule has 4 heterocycles. The Hall–Kier alpha value is -2.96. The molecule has 7 nitrogen and oxygen atoms in total. The smallest absolute Gasteiger partial charge is 0.297 e. The number of anilines is 1. The van der Waals surface area contributed by atoms with E-state index in [0.717, 1.165) is 24.3 Å². The van der Waals surface area contributed by atoms with Gasteiger partial charge in [0.15, 0.2) is 0 Å². The van der Waals surface area contributed by atoms with Crippen molar-refractivity contribution in [2.75, 3.05) is 18.0 Å². The van der Waals surface area contributed by atoms with Crippen molar-refractivity contribution < 1.29 is 4.42 Å². The molecule has 1 saturated heterocycles. The summed E-state index contributed by atoms with van der Waals surface area (Å²) in [5, 5.41) is 4.47. The van der Waals surface area contributed by atoms with E-state index < -0.39 is 0 Å². The quantitative estimate of drug-likeness (QED) is 0.725. The topological polar surface area (TPSA) is 77.1 Å². The standard InChI is InChI=1S/C16H15N5O2/c22-15-2-1-14(13-3-5-17-6-4-13)19-21(15)11-12-9-20(10-12)16-18-7-8-23-16/h1-8,12H,9-11H2. The molecule has 0 atom stereocenters. The minimum atomic E-state index is -0.0858. The van der Waals surface area contributed by atoms with Crippen molar-refractivity contribution in [3.8, 4) is 11.3 Å². The lowest BCUT2D eigenvalue weighted by atomic mass is 10.0. The van der Waals surface area contributed by atoms with Gasteiger partial charge in [0.05, 0.1) is 18.4 Å². The molecule has 3 aromatic rings. The summed E-state index contributed by atoms with van der Waals surface area (Å²) in [6.45, 7) is 2.22. The van der Waals surface area contributed by atoms with E-state index in [1.54, 1.807) is 37.0 Å². The first-order chi connectivity index (χ1) is 11.3. The molecule has 0 bridgehead atoms. The number of nitrogens with zero attached hydrogens (tertiary/aromatic N) is 5. The van der Waals surface area contributed by atoms with E-state index >= 15 is 0 Å². The van der Waals surface area contributed by atoms with Gasteiger partial charge in [0.2, 0.25) is 0 Å². The van der Waals surface area contributed by atoms with E-state index in [0.29, 0.717) is 18.5 Å². The van der Waals surface area contributed by atoms with Crippen LogP contribution in [0.5, 0.6) is 0 Å². The third-order valence-electron chi connectivity index (χ3n) is 3.92. The summed E-state index contributed by atoms with van der Waals surface area (Å²) in [5.41, 5.74) is 1.64. The highest BCUT2D eigenvalue weighted by Crippen LogP contribution is 2.23. The number of pyridine rings is 1. The van der Waals surface area contributed by atoms with Gasteiger partial charge in [-0.3, -0.25) is 9.78 Å². The predicted octanol–water partition coefficient (Wildman–Crippen LogP) is 1.43. The molecule has 7 heteroatoms. The molecule has 3 aromatic heterocycles. The molecule has 0 amide bonds. The molecule has 23 heavy (non-hydrogen) atoms. The maximum atomic E-state index is 12.0. The third kappa shape index (κ3) is 2.73. The van der Waals surface area contributed by atoms with Crippen LogP contribution in [0.1, 0.15) is 0 Å². The van der Waals surface area contributed by atoms with Crippen molar-refractivity contribution in [3.63, 3.8) is 0 Å². The van der Waals surface area contributed by atoms with E-state index in [9.17, 15) is 4.79 Å². The number of oxazole rings is 1. The molecule has 1 aliphatic rings. The van der Waals surface area contributed by atoms with E-state index in [1.807, 2.05) is 17.0 Å². The lowest BCUT2D eigenvalue weighted by Crippen LogP contribution is -2.49. The van der Waals surface area contributed by atoms with E-state index in [-0.39, 0.29) is 5.56 Å². The Morgan fingerprint density at radius 2 is 1.96 bits per heavy atom. The molecule has 1 aliphatic heterocycles. The molecule has 0 N–H and O–H groups in total. The van der Waals surface area contributed by atoms with Crippen LogP contribution >= 0.6 is 0 Å². The maximum absolute atomic E-state index is 12.0. The summed E-state index contributed by atoms with van der Waals surface area (Å²) in [6, 6.07) is 7.70. The molecular weight excluding hydrogens is 294 g/mol. The van der Waals surface area contributed by atoms with Crippen molar-refractivity contribution in [2.45, 2.75) is 6.54 Å². The Labute approximate surface area is 132 Å². The van der Waals surface area contributed by atoms with Crippen molar-refractivity contribution in [1.82, 2.24) is 19.7 Å². The summed E-state index contributed by atoms with van der Waals surface area (Å²) < 4.78 is 6.80. The van der Waals surface area contributed by atoms with Crippen LogP contribution in [0.25, 0.3) is 11.3 Å². The van der Waals surface area contributed by atoms with Gasteiger partial charge in [0, 0.05) is 43.0 Å². The van der Waals surface area contributed by atoms with Gasteiger partial charge >= 0.3 is 0 Å². The van der Waals surface area contributed by atoms with Crippen molar-refractivity contribution >= 4 is 6.01 Å². The zero-order valence-corrected chi connectivity index (χ0v) is 12.4. The minimum absolute atomic E-state index is 0.0858. The Morgan fingerprint density at radius 1 is 1.13 bits per heavy atom. The minimum Gasteiger partial charge on any atom is -0.432 e. The van der Waals surface area contributed by atoms with Gasteiger partial charge in [-0.05, 0) is 18.2 Å². The molecule has 0 aromatic carbocycles. The van der Waals surface area contributed by atoms with Gasteiger partial charge in [-0.2, -0.15) is 5.10 Å². The first-order valence-electron chi connectivity index (χ1n) is 7.42. The van der Waals surface area contributed by atoms with E-state index in [1.165, 1.54) is 4.68 Å². The molecule has 0 unspecified atom stereocenters. The molecule has 116 valence electrons. The fraction of sp³-hybridized carbons (Fsp3) is 0.250. The van der Waals surface area contributed by atoms with Crippen LogP contribution in [0.4, 0.5) is 6.01 Å². The number of rotatable bonds is 4. The first-order valence-corrected chi connectivity index (χ1v) is 7.42. The maximum Gasteiger partial charge on any atom is 0.297 e. The second-order valence-corrected chi connectivity index (χ2v) is 5.56. The fourth-order valence-electron chi connectivity index (χ4n) is 2.71. The lowest BCUT2D eigenvalue weighted by molar-refractivity contribution is 0.317. The van der Waals surface area contributed by atoms with Crippen LogP contribution < -0.4 is 10.5 Å². The first kappa shape index (κ1) is 13.7. The molecule has 4 rings (SSSR count). The van der Waals surface area contributed by atoms with Crippen LogP contribution in [-0.4, -0.2) is 32.8 Å². The van der Waals surface area contributed by atoms with Crippen LogP contribution in [0, 0.1) is 5.92 Å². The summed E-state index contributed by atoms with van der Waals surface area (Å²) in [7, 11) is 0.